The Bertz CT molecular complexity index is 142. The SMILES string of the molecule is Cl.[Pd][c]1ccccn1. The van der Waals surface area contributed by atoms with E-state index in [1.807, 2.05) is 18.2 Å². The Kier molecular flexibility index (Phi) is 4.08. The van der Waals surface area contributed by atoms with Gasteiger partial charge in [-0.25, -0.2) is 0 Å². The molecule has 0 atom stereocenters. The Morgan fingerprint density at radius 1 is 1.38 bits per heavy atom. The Balaban J connectivity index is 0.000000490. The molecule has 0 spiro atoms. The maximum absolute atomic E-state index is 3.91. The molecule has 8 heavy (non-hydrogen) atoms. The molecule has 1 aromatic rings. The van der Waals surface area contributed by atoms with Gasteiger partial charge in [-0.3, -0.25) is 0 Å². The summed E-state index contributed by atoms with van der Waals surface area (Å²) in [5.41, 5.74) is 0. The Morgan fingerprint density at radius 3 is 2.38 bits per heavy atom. The number of rotatable bonds is 0. The molecule has 0 unspecified atom stereocenters. The fraction of sp³-hybridized carbons (Fsp3) is 0. The first-order chi connectivity index (χ1) is 3.39. The number of hydrogen-bond acceptors (Lipinski definition) is 1. The van der Waals surface area contributed by atoms with Crippen molar-refractivity contribution in [3.05, 3.63) is 24.4 Å². The number of hydrogen-bond donors (Lipinski definition) is 0. The maximum atomic E-state index is 3.91. The average molecular weight is 221 g/mol. The van der Waals surface area contributed by atoms with E-state index < -0.39 is 0 Å². The monoisotopic (exact) mass is 220 g/mol. The topological polar surface area (TPSA) is 12.9 Å². The third-order valence-corrected chi connectivity index (χ3v) is 1.07. The van der Waals surface area contributed by atoms with E-state index in [-0.39, 0.29) is 12.4 Å². The van der Waals surface area contributed by atoms with Crippen LogP contribution in [0.5, 0.6) is 0 Å². The number of halogens is 1. The second kappa shape index (κ2) is 4.03. The Hall–Kier alpha value is 0.102. The van der Waals surface area contributed by atoms with Crippen LogP contribution in [0.1, 0.15) is 0 Å². The van der Waals surface area contributed by atoms with Crippen molar-refractivity contribution in [2.45, 2.75) is 0 Å². The molecule has 1 rings (SSSR count). The molecule has 0 aliphatic rings. The molecule has 0 fully saturated rings. The van der Waals surface area contributed by atoms with Gasteiger partial charge in [0, 0.05) is 0 Å². The molecule has 0 saturated heterocycles. The zero-order valence-electron chi connectivity index (χ0n) is 3.98. The molecule has 47 valence electrons. The van der Waals surface area contributed by atoms with Crippen molar-refractivity contribution >= 4 is 16.6 Å². The molecule has 0 saturated carbocycles. The third-order valence-electron chi connectivity index (χ3n) is 0.611. The van der Waals surface area contributed by atoms with Crippen molar-refractivity contribution in [2.24, 2.45) is 0 Å². The summed E-state index contributed by atoms with van der Waals surface area (Å²) in [7, 11) is 0. The summed E-state index contributed by atoms with van der Waals surface area (Å²) in [6, 6.07) is 5.73. The van der Waals surface area contributed by atoms with Gasteiger partial charge in [-0.2, -0.15) is 0 Å². The molecule has 1 heterocycles. The number of pyridine rings is 1. The van der Waals surface area contributed by atoms with Crippen molar-refractivity contribution in [3.63, 3.8) is 0 Å². The molecule has 3 heteroatoms. The molecule has 0 aliphatic carbocycles. The minimum absolute atomic E-state index is 0. The van der Waals surface area contributed by atoms with Crippen LogP contribution in [0, 0.1) is 0 Å². The van der Waals surface area contributed by atoms with Gasteiger partial charge in [-0.05, 0) is 0 Å². The van der Waals surface area contributed by atoms with E-state index in [0.29, 0.717) is 0 Å². The van der Waals surface area contributed by atoms with Gasteiger partial charge in [-0.1, -0.05) is 0 Å². The molecule has 0 aliphatic heterocycles. The average Bonchev–Trinajstić information content (AvgIpc) is 1.69. The fourth-order valence-electron chi connectivity index (χ4n) is 0.331. The quantitative estimate of drug-likeness (QED) is 0.587. The van der Waals surface area contributed by atoms with Gasteiger partial charge in [0.2, 0.25) is 0 Å². The van der Waals surface area contributed by atoms with Gasteiger partial charge in [0.25, 0.3) is 0 Å². The van der Waals surface area contributed by atoms with Crippen LogP contribution in [0.3, 0.4) is 0 Å². The standard InChI is InChI=1S/C5H4N.ClH.Pd/c1-2-4-6-5-3-1;;/h1-4H;1H;. The number of aromatic nitrogens is 1. The van der Waals surface area contributed by atoms with Gasteiger partial charge < -0.3 is 0 Å². The molecule has 1 aromatic heterocycles. The summed E-state index contributed by atoms with van der Waals surface area (Å²) in [6.45, 7) is 0. The molecular formula is C5H5ClNPd. The molecule has 0 aromatic carbocycles. The molecule has 1 nitrogen and oxygen atoms in total. The third kappa shape index (κ3) is 2.42. The second-order valence-electron chi connectivity index (χ2n) is 1.12. The molecule has 0 N–H and O–H groups in total. The fourth-order valence-corrected chi connectivity index (χ4v) is 0.597. The van der Waals surface area contributed by atoms with Gasteiger partial charge in [-0.15, -0.1) is 12.4 Å². The van der Waals surface area contributed by atoms with Crippen molar-refractivity contribution in [3.8, 4) is 0 Å². The zero-order chi connectivity index (χ0) is 5.11. The van der Waals surface area contributed by atoms with Crippen molar-refractivity contribution in [1.29, 1.82) is 0 Å². The summed E-state index contributed by atoms with van der Waals surface area (Å²) >= 11 is 2.95. The van der Waals surface area contributed by atoms with Crippen LogP contribution in [0.4, 0.5) is 0 Å². The van der Waals surface area contributed by atoms with E-state index >= 15 is 0 Å². The van der Waals surface area contributed by atoms with Crippen LogP contribution in [0.2, 0.25) is 0 Å². The van der Waals surface area contributed by atoms with Crippen LogP contribution >= 0.6 is 12.4 Å². The van der Waals surface area contributed by atoms with Crippen LogP contribution in [-0.4, -0.2) is 4.98 Å². The Labute approximate surface area is 65.3 Å². The van der Waals surface area contributed by atoms with E-state index in [9.17, 15) is 0 Å². The summed E-state index contributed by atoms with van der Waals surface area (Å²) < 4.78 is 0.922. The Morgan fingerprint density at radius 2 is 2.12 bits per heavy atom. The molecule has 0 radical (unpaired) electrons. The minimum atomic E-state index is 0. The van der Waals surface area contributed by atoms with E-state index in [2.05, 4.69) is 24.2 Å². The number of nitrogens with zero attached hydrogens (tertiary/aromatic N) is 1. The summed E-state index contributed by atoms with van der Waals surface area (Å²) in [4.78, 5) is 3.91. The molecule has 0 amide bonds. The predicted octanol–water partition coefficient (Wildman–Crippen LogP) is 0.676. The van der Waals surface area contributed by atoms with Gasteiger partial charge in [0.1, 0.15) is 0 Å². The van der Waals surface area contributed by atoms with Crippen LogP contribution in [0.25, 0.3) is 0 Å². The normalized spacial score (nSPS) is 7.75. The second-order valence-corrected chi connectivity index (χ2v) is 1.92. The van der Waals surface area contributed by atoms with Crippen LogP contribution in [-0.2, 0) is 19.2 Å². The zero-order valence-corrected chi connectivity index (χ0v) is 6.35. The predicted molar refractivity (Wildman–Crippen MR) is 31.1 cm³/mol. The first kappa shape index (κ1) is 8.10. The van der Waals surface area contributed by atoms with Crippen LogP contribution in [0.15, 0.2) is 24.4 Å². The molecule has 0 bridgehead atoms. The van der Waals surface area contributed by atoms with Crippen LogP contribution < -0.4 is 4.17 Å². The van der Waals surface area contributed by atoms with Gasteiger partial charge >= 0.3 is 52.7 Å². The summed E-state index contributed by atoms with van der Waals surface area (Å²) in [6.07, 6.45) is 1.75. The van der Waals surface area contributed by atoms with E-state index in [0.717, 1.165) is 4.17 Å². The first-order valence-corrected chi connectivity index (χ1v) is 2.71. The summed E-state index contributed by atoms with van der Waals surface area (Å²) in [5.74, 6) is 0. The molecular weight excluding hydrogens is 216 g/mol. The van der Waals surface area contributed by atoms with E-state index in [1.165, 1.54) is 0 Å². The van der Waals surface area contributed by atoms with Crippen molar-refractivity contribution in [1.82, 2.24) is 4.98 Å². The van der Waals surface area contributed by atoms with Gasteiger partial charge in [0.15, 0.2) is 0 Å². The van der Waals surface area contributed by atoms with Crippen molar-refractivity contribution in [2.75, 3.05) is 0 Å². The van der Waals surface area contributed by atoms with E-state index in [1.54, 1.807) is 6.20 Å². The first-order valence-electron chi connectivity index (χ1n) is 1.93. The summed E-state index contributed by atoms with van der Waals surface area (Å²) in [5, 5.41) is 0. The van der Waals surface area contributed by atoms with Crippen molar-refractivity contribution < 1.29 is 19.2 Å². The van der Waals surface area contributed by atoms with E-state index in [4.69, 9.17) is 0 Å². The van der Waals surface area contributed by atoms with Gasteiger partial charge in [0.05, 0.1) is 0 Å².